The van der Waals surface area contributed by atoms with E-state index in [4.69, 9.17) is 9.47 Å². The molecule has 1 aliphatic rings. The quantitative estimate of drug-likeness (QED) is 0.350. The van der Waals surface area contributed by atoms with Crippen LogP contribution in [0.5, 0.6) is 11.5 Å². The van der Waals surface area contributed by atoms with Crippen LogP contribution in [0.3, 0.4) is 0 Å². The second kappa shape index (κ2) is 9.57. The average Bonchev–Trinajstić information content (AvgIpc) is 2.70. The van der Waals surface area contributed by atoms with Gasteiger partial charge in [0, 0.05) is 13.8 Å². The Bertz CT molecular complexity index is 902. The lowest BCUT2D eigenvalue weighted by molar-refractivity contribution is -0.132. The zero-order valence-electron chi connectivity index (χ0n) is 18.0. The molecule has 1 atom stereocenters. The Kier molecular flexibility index (Phi) is 6.88. The third-order valence-corrected chi connectivity index (χ3v) is 5.28. The zero-order valence-corrected chi connectivity index (χ0v) is 18.0. The van der Waals surface area contributed by atoms with Crippen molar-refractivity contribution in [3.05, 3.63) is 77.4 Å². The molecule has 0 heterocycles. The molecule has 0 aromatic heterocycles. The van der Waals surface area contributed by atoms with E-state index in [9.17, 15) is 9.59 Å². The highest BCUT2D eigenvalue weighted by Gasteiger charge is 2.24. The van der Waals surface area contributed by atoms with Crippen molar-refractivity contribution in [2.45, 2.75) is 40.5 Å². The summed E-state index contributed by atoms with van der Waals surface area (Å²) in [5.41, 5.74) is 4.72. The highest BCUT2D eigenvalue weighted by atomic mass is 16.5. The summed E-state index contributed by atoms with van der Waals surface area (Å²) >= 11 is 0. The second-order valence-electron chi connectivity index (χ2n) is 7.90. The first-order valence-corrected chi connectivity index (χ1v) is 10.3. The molecule has 0 fully saturated rings. The Balaban J connectivity index is 2.09. The molecule has 0 amide bonds. The first kappa shape index (κ1) is 21.6. The van der Waals surface area contributed by atoms with Gasteiger partial charge in [-0.2, -0.15) is 0 Å². The van der Waals surface area contributed by atoms with Gasteiger partial charge in [0.05, 0.1) is 0 Å². The van der Waals surface area contributed by atoms with Crippen molar-refractivity contribution >= 4 is 17.5 Å². The van der Waals surface area contributed by atoms with Gasteiger partial charge in [-0.25, -0.2) is 0 Å². The number of hydrogen-bond acceptors (Lipinski definition) is 4. The van der Waals surface area contributed by atoms with Gasteiger partial charge in [-0.3, -0.25) is 9.59 Å². The number of carbonyl (C=O) groups is 2. The van der Waals surface area contributed by atoms with E-state index in [1.54, 1.807) is 0 Å². The Morgan fingerprint density at radius 3 is 1.67 bits per heavy atom. The Morgan fingerprint density at radius 2 is 1.27 bits per heavy atom. The van der Waals surface area contributed by atoms with Gasteiger partial charge in [0.2, 0.25) is 0 Å². The fourth-order valence-corrected chi connectivity index (χ4v) is 3.96. The lowest BCUT2D eigenvalue weighted by Crippen LogP contribution is -2.15. The van der Waals surface area contributed by atoms with Crippen LogP contribution in [-0.4, -0.2) is 11.9 Å². The van der Waals surface area contributed by atoms with Crippen molar-refractivity contribution in [1.29, 1.82) is 0 Å². The van der Waals surface area contributed by atoms with Gasteiger partial charge >= 0.3 is 11.9 Å². The first-order chi connectivity index (χ1) is 14.3. The van der Waals surface area contributed by atoms with E-state index in [0.717, 1.165) is 24.0 Å². The van der Waals surface area contributed by atoms with Crippen LogP contribution in [0, 0.1) is 11.8 Å². The van der Waals surface area contributed by atoms with Crippen LogP contribution in [0.15, 0.2) is 66.3 Å². The minimum Gasteiger partial charge on any atom is -0.427 e. The third kappa shape index (κ3) is 5.26. The number of carbonyl (C=O) groups excluding carboxylic acids is 2. The van der Waals surface area contributed by atoms with Crippen LogP contribution in [0.2, 0.25) is 0 Å². The molecule has 2 aromatic carbocycles. The molecule has 0 bridgehead atoms. The summed E-state index contributed by atoms with van der Waals surface area (Å²) < 4.78 is 10.4. The summed E-state index contributed by atoms with van der Waals surface area (Å²) in [5, 5.41) is 0. The average molecular weight is 405 g/mol. The van der Waals surface area contributed by atoms with Crippen molar-refractivity contribution in [2.24, 2.45) is 11.8 Å². The van der Waals surface area contributed by atoms with Crippen LogP contribution in [0.25, 0.3) is 5.57 Å². The summed E-state index contributed by atoms with van der Waals surface area (Å²) in [6.07, 6.45) is 6.41. The van der Waals surface area contributed by atoms with Gasteiger partial charge in [-0.1, -0.05) is 55.8 Å². The van der Waals surface area contributed by atoms with Crippen LogP contribution in [-0.2, 0) is 9.59 Å². The molecular formula is C26H28O4. The molecule has 30 heavy (non-hydrogen) atoms. The Hall–Kier alpha value is -3.14. The van der Waals surface area contributed by atoms with Crippen LogP contribution >= 0.6 is 0 Å². The van der Waals surface area contributed by atoms with Gasteiger partial charge in [0.1, 0.15) is 11.5 Å². The molecule has 4 nitrogen and oxygen atoms in total. The zero-order chi connectivity index (χ0) is 21.7. The SMILES string of the molecule is CC(=O)Oc1ccc(C(=C2CC=CC[C@H]2C(C)C)c2ccc(OC(C)=O)cc2)cc1. The number of ether oxygens (including phenoxy) is 2. The van der Waals surface area contributed by atoms with E-state index in [-0.39, 0.29) is 11.9 Å². The number of esters is 2. The molecule has 0 spiro atoms. The lowest BCUT2D eigenvalue weighted by Gasteiger charge is -2.29. The molecule has 1 aliphatic carbocycles. The van der Waals surface area contributed by atoms with Crippen molar-refractivity contribution in [2.75, 3.05) is 0 Å². The predicted molar refractivity (Wildman–Crippen MR) is 118 cm³/mol. The highest BCUT2D eigenvalue weighted by molar-refractivity contribution is 5.83. The summed E-state index contributed by atoms with van der Waals surface area (Å²) in [7, 11) is 0. The van der Waals surface area contributed by atoms with E-state index < -0.39 is 0 Å². The van der Waals surface area contributed by atoms with E-state index in [2.05, 4.69) is 26.0 Å². The van der Waals surface area contributed by atoms with E-state index in [1.807, 2.05) is 48.5 Å². The standard InChI is InChI=1S/C26H28O4/c1-17(2)24-7-5-6-8-25(24)26(20-9-13-22(14-10-20)29-18(3)27)21-11-15-23(16-12-21)30-19(4)28/h5-6,9-17,24H,7-8H2,1-4H3/t24-/m0/s1. The molecule has 0 unspecified atom stereocenters. The van der Waals surface area contributed by atoms with Gasteiger partial charge in [-0.15, -0.1) is 0 Å². The summed E-state index contributed by atoms with van der Waals surface area (Å²) in [6, 6.07) is 15.3. The Labute approximate surface area is 178 Å². The molecule has 0 aliphatic heterocycles. The number of benzene rings is 2. The maximum absolute atomic E-state index is 11.3. The number of rotatable bonds is 5. The van der Waals surface area contributed by atoms with Crippen molar-refractivity contribution in [3.8, 4) is 11.5 Å². The monoisotopic (exact) mass is 404 g/mol. The number of allylic oxidation sites excluding steroid dienone is 3. The Morgan fingerprint density at radius 1 is 0.800 bits per heavy atom. The topological polar surface area (TPSA) is 52.6 Å². The lowest BCUT2D eigenvalue weighted by atomic mass is 9.76. The van der Waals surface area contributed by atoms with Gasteiger partial charge in [0.15, 0.2) is 0 Å². The van der Waals surface area contributed by atoms with E-state index in [1.165, 1.54) is 25.0 Å². The maximum atomic E-state index is 11.3. The predicted octanol–water partition coefficient (Wildman–Crippen LogP) is 5.96. The van der Waals surface area contributed by atoms with Crippen LogP contribution < -0.4 is 9.47 Å². The molecule has 0 radical (unpaired) electrons. The first-order valence-electron chi connectivity index (χ1n) is 10.3. The molecule has 3 rings (SSSR count). The van der Waals surface area contributed by atoms with Crippen molar-refractivity contribution in [1.82, 2.24) is 0 Å². The summed E-state index contributed by atoms with van der Waals surface area (Å²) in [4.78, 5) is 22.5. The summed E-state index contributed by atoms with van der Waals surface area (Å²) in [6.45, 7) is 7.31. The summed E-state index contributed by atoms with van der Waals surface area (Å²) in [5.74, 6) is 1.36. The molecule has 0 saturated heterocycles. The molecule has 4 heteroatoms. The van der Waals surface area contributed by atoms with Crippen LogP contribution in [0.1, 0.15) is 51.7 Å². The van der Waals surface area contributed by atoms with Crippen molar-refractivity contribution in [3.63, 3.8) is 0 Å². The smallest absolute Gasteiger partial charge is 0.308 e. The largest absolute Gasteiger partial charge is 0.427 e. The van der Waals surface area contributed by atoms with Gasteiger partial charge < -0.3 is 9.47 Å². The maximum Gasteiger partial charge on any atom is 0.308 e. The normalized spacial score (nSPS) is 15.8. The molecule has 156 valence electrons. The second-order valence-corrected chi connectivity index (χ2v) is 7.90. The minimum absolute atomic E-state index is 0.334. The molecule has 0 N–H and O–H groups in total. The van der Waals surface area contributed by atoms with Gasteiger partial charge in [-0.05, 0) is 65.6 Å². The number of hydrogen-bond donors (Lipinski definition) is 0. The minimum atomic E-state index is -0.334. The molecular weight excluding hydrogens is 376 g/mol. The molecule has 2 aromatic rings. The van der Waals surface area contributed by atoms with E-state index >= 15 is 0 Å². The van der Waals surface area contributed by atoms with Crippen molar-refractivity contribution < 1.29 is 19.1 Å². The fraction of sp³-hybridized carbons (Fsp3) is 0.308. The highest BCUT2D eigenvalue weighted by Crippen LogP contribution is 2.40. The fourth-order valence-electron chi connectivity index (χ4n) is 3.96. The molecule has 0 saturated carbocycles. The van der Waals surface area contributed by atoms with Gasteiger partial charge in [0.25, 0.3) is 0 Å². The third-order valence-electron chi connectivity index (χ3n) is 5.28. The van der Waals surface area contributed by atoms with Crippen LogP contribution in [0.4, 0.5) is 0 Å². The van der Waals surface area contributed by atoms with E-state index in [0.29, 0.717) is 23.3 Å².